The van der Waals surface area contributed by atoms with Gasteiger partial charge in [0.05, 0.1) is 16.9 Å². The van der Waals surface area contributed by atoms with Crippen LogP contribution < -0.4 is 0 Å². The third kappa shape index (κ3) is 5.89. The van der Waals surface area contributed by atoms with Crippen LogP contribution in [0.4, 0.5) is 0 Å². The van der Waals surface area contributed by atoms with E-state index in [-0.39, 0.29) is 5.41 Å². The topological polar surface area (TPSA) is 4.93 Å². The Kier molecular flexibility index (Phi) is 8.77. The predicted molar refractivity (Wildman–Crippen MR) is 307 cm³/mol. The number of aromatic nitrogens is 1. The minimum Gasteiger partial charge on any atom is -0.308 e. The molecule has 0 saturated heterocycles. The van der Waals surface area contributed by atoms with Crippen LogP contribution in [-0.2, 0) is 5.41 Å². The van der Waals surface area contributed by atoms with Crippen LogP contribution in [0.5, 0.6) is 0 Å². The fourth-order valence-electron chi connectivity index (χ4n) is 12.8. The molecular formula is C71H47N. The second kappa shape index (κ2) is 15.5. The number of rotatable bonds is 6. The van der Waals surface area contributed by atoms with E-state index < -0.39 is 0 Å². The molecule has 336 valence electrons. The smallest absolute Gasteiger partial charge is 0.0619 e. The van der Waals surface area contributed by atoms with Crippen molar-refractivity contribution in [2.24, 2.45) is 0 Å². The van der Waals surface area contributed by atoms with Gasteiger partial charge in [0, 0.05) is 21.8 Å². The molecule has 0 fully saturated rings. The van der Waals surface area contributed by atoms with Gasteiger partial charge in [0.15, 0.2) is 0 Å². The van der Waals surface area contributed by atoms with Gasteiger partial charge in [0.2, 0.25) is 0 Å². The molecule has 0 atom stereocenters. The highest BCUT2D eigenvalue weighted by Gasteiger charge is 2.35. The van der Waals surface area contributed by atoms with Gasteiger partial charge < -0.3 is 4.57 Å². The second-order valence-corrected chi connectivity index (χ2v) is 20.3. The Balaban J connectivity index is 1.10. The van der Waals surface area contributed by atoms with Crippen LogP contribution in [0.2, 0.25) is 0 Å². The van der Waals surface area contributed by atoms with E-state index in [0.717, 1.165) is 0 Å². The van der Waals surface area contributed by atoms with Crippen molar-refractivity contribution in [1.29, 1.82) is 0 Å². The summed E-state index contributed by atoms with van der Waals surface area (Å²) >= 11 is 0. The molecule has 14 aromatic rings. The van der Waals surface area contributed by atoms with Gasteiger partial charge in [-0.1, -0.05) is 232 Å². The van der Waals surface area contributed by atoms with Gasteiger partial charge in [0.1, 0.15) is 0 Å². The van der Waals surface area contributed by atoms with Gasteiger partial charge in [0.25, 0.3) is 0 Å². The molecule has 0 saturated carbocycles. The highest BCUT2D eigenvalue weighted by Crippen LogP contribution is 2.53. The maximum Gasteiger partial charge on any atom is 0.0619 e. The monoisotopic (exact) mass is 913 g/mol. The second-order valence-electron chi connectivity index (χ2n) is 20.3. The molecular weight excluding hydrogens is 867 g/mol. The number of hydrogen-bond acceptors (Lipinski definition) is 0. The van der Waals surface area contributed by atoms with Gasteiger partial charge >= 0.3 is 0 Å². The average molecular weight is 914 g/mol. The number of fused-ring (bicyclic) bond motifs is 6. The van der Waals surface area contributed by atoms with Crippen molar-refractivity contribution in [3.8, 4) is 72.6 Å². The lowest BCUT2D eigenvalue weighted by molar-refractivity contribution is 0.660. The molecule has 0 spiro atoms. The summed E-state index contributed by atoms with van der Waals surface area (Å²) in [7, 11) is 0. The number of nitrogens with zero attached hydrogens (tertiary/aromatic N) is 1. The number of benzene rings is 13. The maximum absolute atomic E-state index is 2.59. The Bertz CT molecular complexity index is 4470. The van der Waals surface area contributed by atoms with Crippen molar-refractivity contribution in [1.82, 2.24) is 4.57 Å². The van der Waals surface area contributed by atoms with Gasteiger partial charge in [-0.15, -0.1) is 0 Å². The van der Waals surface area contributed by atoms with Crippen LogP contribution >= 0.6 is 0 Å². The van der Waals surface area contributed by atoms with E-state index in [1.807, 2.05) is 0 Å². The lowest BCUT2D eigenvalue weighted by atomic mass is 9.81. The Morgan fingerprint density at radius 3 is 1.49 bits per heavy atom. The molecule has 1 nitrogen and oxygen atoms in total. The zero-order valence-electron chi connectivity index (χ0n) is 40.1. The molecule has 15 rings (SSSR count). The quantitative estimate of drug-likeness (QED) is 0.116. The summed E-state index contributed by atoms with van der Waals surface area (Å²) < 4.78 is 2.59. The lowest BCUT2D eigenvalue weighted by Gasteiger charge is -2.22. The normalized spacial score (nSPS) is 13.0. The molecule has 1 aliphatic rings. The number of hydrogen-bond donors (Lipinski definition) is 0. The zero-order chi connectivity index (χ0) is 47.7. The highest BCUT2D eigenvalue weighted by molar-refractivity contribution is 6.27. The first-order valence-corrected chi connectivity index (χ1v) is 25.2. The van der Waals surface area contributed by atoms with Crippen molar-refractivity contribution in [3.05, 3.63) is 260 Å². The first-order chi connectivity index (χ1) is 35.5. The predicted octanol–water partition coefficient (Wildman–Crippen LogP) is 19.5. The van der Waals surface area contributed by atoms with Crippen LogP contribution in [0, 0.1) is 0 Å². The lowest BCUT2D eigenvalue weighted by Crippen LogP contribution is -2.14. The van der Waals surface area contributed by atoms with Crippen molar-refractivity contribution in [2.45, 2.75) is 19.3 Å². The largest absolute Gasteiger partial charge is 0.308 e. The van der Waals surface area contributed by atoms with Crippen molar-refractivity contribution >= 4 is 64.8 Å². The Hall–Kier alpha value is -9.04. The molecule has 0 radical (unpaired) electrons. The molecule has 1 heteroatoms. The average Bonchev–Trinajstić information content (AvgIpc) is 3.89. The van der Waals surface area contributed by atoms with E-state index in [9.17, 15) is 0 Å². The molecule has 0 aliphatic heterocycles. The van der Waals surface area contributed by atoms with Gasteiger partial charge in [-0.3, -0.25) is 0 Å². The third-order valence-corrected chi connectivity index (χ3v) is 16.1. The first-order valence-electron chi connectivity index (χ1n) is 25.2. The zero-order valence-corrected chi connectivity index (χ0v) is 40.1. The highest BCUT2D eigenvalue weighted by atomic mass is 15.0. The van der Waals surface area contributed by atoms with Crippen LogP contribution in [0.3, 0.4) is 0 Å². The Morgan fingerprint density at radius 2 is 0.792 bits per heavy atom. The maximum atomic E-state index is 2.59. The van der Waals surface area contributed by atoms with E-state index in [4.69, 9.17) is 0 Å². The van der Waals surface area contributed by atoms with Crippen LogP contribution in [0.25, 0.3) is 137 Å². The fourth-order valence-corrected chi connectivity index (χ4v) is 12.8. The molecule has 0 bridgehead atoms. The molecule has 1 aromatic heterocycles. The van der Waals surface area contributed by atoms with Crippen molar-refractivity contribution < 1.29 is 0 Å². The molecule has 1 aliphatic carbocycles. The molecule has 1 heterocycles. The van der Waals surface area contributed by atoms with Gasteiger partial charge in [-0.25, -0.2) is 0 Å². The van der Waals surface area contributed by atoms with Gasteiger partial charge in [-0.2, -0.15) is 0 Å². The van der Waals surface area contributed by atoms with E-state index in [2.05, 4.69) is 267 Å². The van der Waals surface area contributed by atoms with E-state index in [1.54, 1.807) is 0 Å². The van der Waals surface area contributed by atoms with Crippen molar-refractivity contribution in [3.63, 3.8) is 0 Å². The summed E-state index contributed by atoms with van der Waals surface area (Å²) in [6.45, 7) is 4.75. The van der Waals surface area contributed by atoms with Crippen LogP contribution in [-0.4, -0.2) is 4.57 Å². The van der Waals surface area contributed by atoms with E-state index in [1.165, 1.54) is 148 Å². The standard InChI is InChI=1S/C71H47N/c1-71(2)61-29-16-15-28-53(61)54-36-33-52(41-62(54)71)51-34-37-55-57(40-51)67(45-20-9-4-10-21-45)58-42-60-64(43-59(58)66(55)44-18-7-3-8-19-44)72(70(50-24-13-6-14-25-50)69(60)46-22-11-5-12-23-46)63-39-35-49-31-30-47-26-17-27-48-32-38-56(63)68(49)65(47)48/h3-43H,1-2H3. The minimum absolute atomic E-state index is 0.0981. The molecule has 0 N–H and O–H groups in total. The third-order valence-electron chi connectivity index (χ3n) is 16.1. The minimum atomic E-state index is -0.0981. The van der Waals surface area contributed by atoms with Crippen LogP contribution in [0.1, 0.15) is 25.0 Å². The van der Waals surface area contributed by atoms with Crippen LogP contribution in [0.15, 0.2) is 249 Å². The van der Waals surface area contributed by atoms with E-state index in [0.29, 0.717) is 0 Å². The first kappa shape index (κ1) is 40.8. The summed E-state index contributed by atoms with van der Waals surface area (Å²) in [4.78, 5) is 0. The SMILES string of the molecule is CC1(C)c2ccccc2-c2ccc(-c3ccc4c(-c5ccccc5)c5cc6c(cc5c(-c5ccccc5)c4c3)c(-c3ccccc3)c(-c3ccccc3)n6-c3ccc4ccc5cccc6ccc3c4c56)cc21. The Labute approximate surface area is 418 Å². The van der Waals surface area contributed by atoms with E-state index >= 15 is 0 Å². The summed E-state index contributed by atoms with van der Waals surface area (Å²) in [5.74, 6) is 0. The van der Waals surface area contributed by atoms with Gasteiger partial charge in [-0.05, 0) is 146 Å². The Morgan fingerprint density at radius 1 is 0.292 bits per heavy atom. The summed E-state index contributed by atoms with van der Waals surface area (Å²) in [5.41, 5.74) is 19.8. The molecule has 72 heavy (non-hydrogen) atoms. The summed E-state index contributed by atoms with van der Waals surface area (Å²) in [5, 5.41) is 13.8. The molecule has 0 unspecified atom stereocenters. The fraction of sp³-hybridized carbons (Fsp3) is 0.0423. The summed E-state index contributed by atoms with van der Waals surface area (Å²) in [6, 6.07) is 93.3. The molecule has 0 amide bonds. The summed E-state index contributed by atoms with van der Waals surface area (Å²) in [6.07, 6.45) is 0. The molecule has 13 aromatic carbocycles. The van der Waals surface area contributed by atoms with Crippen molar-refractivity contribution in [2.75, 3.05) is 0 Å².